The number of benzene rings is 2. The number of Topliss-reactive ketones (excluding diaryl/α,β-unsaturated/α-hetero) is 1. The van der Waals surface area contributed by atoms with Gasteiger partial charge in [0, 0.05) is 28.6 Å². The summed E-state index contributed by atoms with van der Waals surface area (Å²) < 4.78 is 0. The second-order valence-corrected chi connectivity index (χ2v) is 9.19. The Morgan fingerprint density at radius 3 is 2.53 bits per heavy atom. The molecule has 30 heavy (non-hydrogen) atoms. The summed E-state index contributed by atoms with van der Waals surface area (Å²) in [4.78, 5) is 35.2. The van der Waals surface area contributed by atoms with Gasteiger partial charge < -0.3 is 4.90 Å². The summed E-state index contributed by atoms with van der Waals surface area (Å²) in [6.07, 6.45) is 0. The molecule has 0 atom stereocenters. The van der Waals surface area contributed by atoms with Gasteiger partial charge >= 0.3 is 0 Å². The van der Waals surface area contributed by atoms with E-state index in [0.29, 0.717) is 32.9 Å². The van der Waals surface area contributed by atoms with Crippen LogP contribution in [0.3, 0.4) is 0 Å². The van der Waals surface area contributed by atoms with Crippen LogP contribution in [-0.2, 0) is 4.79 Å². The highest BCUT2D eigenvalue weighted by Gasteiger charge is 2.39. The predicted octanol–water partition coefficient (Wildman–Crippen LogP) is 5.93. The summed E-state index contributed by atoms with van der Waals surface area (Å²) >= 11 is 9.16. The molecule has 0 aromatic heterocycles. The van der Waals surface area contributed by atoms with Crippen LogP contribution in [0.2, 0.25) is 5.02 Å². The highest BCUT2D eigenvalue weighted by atomic mass is 35.5. The summed E-state index contributed by atoms with van der Waals surface area (Å²) in [7, 11) is 0. The Morgan fingerprint density at radius 2 is 1.83 bits per heavy atom. The maximum absolute atomic E-state index is 13.2. The molecule has 0 saturated carbocycles. The van der Waals surface area contributed by atoms with E-state index in [9.17, 15) is 9.59 Å². The number of carbonyl (C=O) groups is 2. The Kier molecular flexibility index (Phi) is 5.95. The number of likely N-dealkylation sites (N-methyl/N-ethyl adjacent to an activating group) is 1. The minimum absolute atomic E-state index is 0.0141. The minimum atomic E-state index is -0.0520. The van der Waals surface area contributed by atoms with Crippen LogP contribution in [0.15, 0.2) is 62.3 Å². The van der Waals surface area contributed by atoms with Crippen LogP contribution in [0.5, 0.6) is 0 Å². The fourth-order valence-corrected chi connectivity index (χ4v) is 5.94. The highest BCUT2D eigenvalue weighted by Crippen LogP contribution is 2.51. The van der Waals surface area contributed by atoms with Crippen molar-refractivity contribution in [2.45, 2.75) is 25.7 Å². The molecular weight excluding hydrogens is 438 g/mol. The van der Waals surface area contributed by atoms with Gasteiger partial charge in [-0.15, -0.1) is 0 Å². The number of ketones is 1. The fraction of sp³-hybridized carbons (Fsp3) is 0.227. The number of fused-ring (bicyclic) bond motifs is 1. The van der Waals surface area contributed by atoms with Crippen molar-refractivity contribution >= 4 is 63.4 Å². The van der Waals surface area contributed by atoms with E-state index in [1.807, 2.05) is 31.2 Å². The van der Waals surface area contributed by atoms with Gasteiger partial charge in [0.2, 0.25) is 0 Å². The van der Waals surface area contributed by atoms with E-state index >= 15 is 0 Å². The zero-order valence-electron chi connectivity index (χ0n) is 16.8. The van der Waals surface area contributed by atoms with Crippen LogP contribution in [-0.4, -0.2) is 34.8 Å². The maximum atomic E-state index is 13.2. The first-order valence-corrected chi connectivity index (χ1v) is 11.6. The highest BCUT2D eigenvalue weighted by molar-refractivity contribution is 8.19. The number of hydrogen-bond donors (Lipinski definition) is 0. The number of nitrogens with zero attached hydrogens (tertiary/aromatic N) is 3. The Morgan fingerprint density at radius 1 is 1.07 bits per heavy atom. The normalized spacial score (nSPS) is 19.7. The Labute approximate surface area is 189 Å². The van der Waals surface area contributed by atoms with Crippen molar-refractivity contribution < 1.29 is 9.59 Å². The summed E-state index contributed by atoms with van der Waals surface area (Å²) in [5.41, 5.74) is 2.28. The third kappa shape index (κ3) is 3.77. The van der Waals surface area contributed by atoms with Crippen molar-refractivity contribution in [3.8, 4) is 0 Å². The van der Waals surface area contributed by atoms with E-state index in [2.05, 4.69) is 16.8 Å². The van der Waals surface area contributed by atoms with Crippen molar-refractivity contribution in [3.05, 3.63) is 63.0 Å². The van der Waals surface area contributed by atoms with Crippen LogP contribution < -0.4 is 4.90 Å². The molecule has 2 aromatic carbocycles. The van der Waals surface area contributed by atoms with Gasteiger partial charge in [-0.25, -0.2) is 4.99 Å². The van der Waals surface area contributed by atoms with E-state index in [-0.39, 0.29) is 11.7 Å². The molecule has 5 nitrogen and oxygen atoms in total. The molecule has 0 N–H and O–H groups in total. The zero-order valence-corrected chi connectivity index (χ0v) is 19.2. The molecule has 1 fully saturated rings. The molecule has 154 valence electrons. The quantitative estimate of drug-likeness (QED) is 0.421. The van der Waals surface area contributed by atoms with Crippen LogP contribution in [0.4, 0.5) is 11.4 Å². The number of halogens is 1. The second kappa shape index (κ2) is 8.49. The third-order valence-electron chi connectivity index (χ3n) is 4.83. The number of carbonyl (C=O) groups excluding carboxylic acids is 2. The minimum Gasteiger partial charge on any atom is -0.334 e. The first kappa shape index (κ1) is 21.0. The number of amides is 1. The molecule has 0 radical (unpaired) electrons. The molecule has 0 aliphatic carbocycles. The number of anilines is 1. The molecule has 4 rings (SSSR count). The topological polar surface area (TPSA) is 53.0 Å². The van der Waals surface area contributed by atoms with E-state index in [1.165, 1.54) is 18.7 Å². The lowest BCUT2D eigenvalue weighted by Crippen LogP contribution is -2.29. The van der Waals surface area contributed by atoms with Gasteiger partial charge in [0.1, 0.15) is 9.93 Å². The first-order valence-electron chi connectivity index (χ1n) is 9.61. The van der Waals surface area contributed by atoms with Gasteiger partial charge in [-0.2, -0.15) is 0 Å². The van der Waals surface area contributed by atoms with Crippen molar-refractivity contribution in [3.63, 3.8) is 0 Å². The molecule has 0 spiro atoms. The molecular formula is C22H20ClN3O2S2. The van der Waals surface area contributed by atoms with Crippen LogP contribution in [0, 0.1) is 0 Å². The average molecular weight is 458 g/mol. The number of amidine groups is 1. The van der Waals surface area contributed by atoms with E-state index in [1.54, 1.807) is 34.9 Å². The smallest absolute Gasteiger partial charge is 0.269 e. The standard InChI is InChI=1S/C22H20ClN3O2S2/c1-4-25-17-12-15(23)9-10-18(17)29-21(25)19-20(28)26(5-2)22(30-19)24-16-8-6-7-14(11-16)13(3)27/h6-12H,4-5H2,1-3H3. The Balaban J connectivity index is 1.74. The van der Waals surface area contributed by atoms with Crippen molar-refractivity contribution in [1.82, 2.24) is 4.90 Å². The molecule has 2 aromatic rings. The first-order chi connectivity index (χ1) is 14.4. The Bertz CT molecular complexity index is 1110. The van der Waals surface area contributed by atoms with Gasteiger partial charge in [-0.3, -0.25) is 14.5 Å². The van der Waals surface area contributed by atoms with Gasteiger partial charge in [0.25, 0.3) is 5.91 Å². The molecule has 1 saturated heterocycles. The molecule has 0 unspecified atom stereocenters. The van der Waals surface area contributed by atoms with Crippen LogP contribution >= 0.6 is 35.1 Å². The summed E-state index contributed by atoms with van der Waals surface area (Å²) in [6, 6.07) is 12.9. The van der Waals surface area contributed by atoms with Gasteiger partial charge in [-0.1, -0.05) is 35.5 Å². The van der Waals surface area contributed by atoms with Gasteiger partial charge in [0.05, 0.1) is 11.4 Å². The van der Waals surface area contributed by atoms with Crippen molar-refractivity contribution in [2.24, 2.45) is 4.99 Å². The third-order valence-corrected chi connectivity index (χ3v) is 7.44. The summed E-state index contributed by atoms with van der Waals surface area (Å²) in [5.74, 6) is -0.0662. The molecule has 1 amide bonds. The molecule has 2 aliphatic rings. The van der Waals surface area contributed by atoms with Crippen LogP contribution in [0.1, 0.15) is 31.1 Å². The van der Waals surface area contributed by atoms with Crippen molar-refractivity contribution in [2.75, 3.05) is 18.0 Å². The number of thioether (sulfide) groups is 2. The Hall–Kier alpha value is -2.22. The molecule has 0 bridgehead atoms. The van der Waals surface area contributed by atoms with Crippen molar-refractivity contribution in [1.29, 1.82) is 0 Å². The number of aliphatic imine (C=N–C) groups is 1. The van der Waals surface area contributed by atoms with Gasteiger partial charge in [-0.05, 0) is 62.9 Å². The van der Waals surface area contributed by atoms with Crippen LogP contribution in [0.25, 0.3) is 0 Å². The average Bonchev–Trinajstić information content (AvgIpc) is 3.24. The largest absolute Gasteiger partial charge is 0.334 e. The fourth-order valence-electron chi connectivity index (χ4n) is 3.34. The zero-order chi connectivity index (χ0) is 21.4. The predicted molar refractivity (Wildman–Crippen MR) is 126 cm³/mol. The second-order valence-electron chi connectivity index (χ2n) is 6.75. The van der Waals surface area contributed by atoms with Gasteiger partial charge in [0.15, 0.2) is 11.0 Å². The van der Waals surface area contributed by atoms with E-state index in [0.717, 1.165) is 22.2 Å². The van der Waals surface area contributed by atoms with E-state index in [4.69, 9.17) is 11.6 Å². The van der Waals surface area contributed by atoms with E-state index < -0.39 is 0 Å². The molecule has 2 heterocycles. The summed E-state index contributed by atoms with van der Waals surface area (Å²) in [6.45, 7) is 6.76. The maximum Gasteiger partial charge on any atom is 0.269 e. The lowest BCUT2D eigenvalue weighted by atomic mass is 10.1. The number of rotatable bonds is 4. The molecule has 8 heteroatoms. The lowest BCUT2D eigenvalue weighted by molar-refractivity contribution is -0.122. The number of hydrogen-bond acceptors (Lipinski definition) is 6. The monoisotopic (exact) mass is 457 g/mol. The lowest BCUT2D eigenvalue weighted by Gasteiger charge is -2.19. The SMILES string of the molecule is CCN1C(=O)C(=C2Sc3ccc(Cl)cc3N2CC)SC1=Nc1cccc(C(C)=O)c1. The molecule has 2 aliphatic heterocycles. The summed E-state index contributed by atoms with van der Waals surface area (Å²) in [5, 5.41) is 2.20.